The number of thioether (sulfide) groups is 2. The summed E-state index contributed by atoms with van der Waals surface area (Å²) in [5, 5.41) is 37.5. The van der Waals surface area contributed by atoms with Crippen molar-refractivity contribution < 1.29 is 211 Å². The van der Waals surface area contributed by atoms with Crippen LogP contribution < -0.4 is 169 Å². The molecule has 0 aliphatic rings. The quantitative estimate of drug-likeness (QED) is 0.0121. The van der Waals surface area contributed by atoms with E-state index in [2.05, 4.69) is 45.0 Å². The first kappa shape index (κ1) is 64.7. The zero-order valence-electron chi connectivity index (χ0n) is 32.1. The second-order valence-corrected chi connectivity index (χ2v) is 18.4. The summed E-state index contributed by atoms with van der Waals surface area (Å²) in [6.45, 7) is 0. The average molecular weight is 1050 g/mol. The van der Waals surface area contributed by atoms with Gasteiger partial charge in [-0.1, -0.05) is 46.7 Å². The normalized spacial score (nSPS) is 11.4. The number of carbonyl (C=O) groups is 1. The first-order valence-electron chi connectivity index (χ1n) is 14.5. The van der Waals surface area contributed by atoms with Crippen LogP contribution in [-0.4, -0.2) is 92.6 Å². The molecule has 0 saturated heterocycles. The SMILES string of the molecule is O=C([O-])c1[nH]n(-c2cc(Cl)c(S(=O)(=O)[O-])cc2Cl)c(=O)c1N=Nc1cc(Nc2nc(SCCCS(=O)(=O)[O-])nc(SCCCS(=O)(=O)[O-])n2)ccc1SOO[O-].[Na+].[Na+].[Na+].[Na+].[Na+]. The summed E-state index contributed by atoms with van der Waals surface area (Å²) in [6.07, 6.45) is -0.0791. The smallest absolute Gasteiger partial charge is 0.748 e. The van der Waals surface area contributed by atoms with E-state index in [1.54, 1.807) is 0 Å². The summed E-state index contributed by atoms with van der Waals surface area (Å²) < 4.78 is 105. The Morgan fingerprint density at radius 2 is 1.39 bits per heavy atom. The molecule has 36 heteroatoms. The van der Waals surface area contributed by atoms with Crippen molar-refractivity contribution in [1.82, 2.24) is 24.7 Å². The molecule has 61 heavy (non-hydrogen) atoms. The van der Waals surface area contributed by atoms with Crippen LogP contribution >= 0.6 is 58.8 Å². The summed E-state index contributed by atoms with van der Waals surface area (Å²) in [6, 6.07) is 5.39. The van der Waals surface area contributed by atoms with E-state index in [-0.39, 0.29) is 210 Å². The van der Waals surface area contributed by atoms with Gasteiger partial charge in [-0.25, -0.2) is 29.9 Å². The first-order valence-corrected chi connectivity index (χ1v) is 22.5. The number of nitrogens with zero attached hydrogens (tertiary/aromatic N) is 6. The van der Waals surface area contributed by atoms with Gasteiger partial charge in [0.2, 0.25) is 5.95 Å². The zero-order valence-corrected chi connectivity index (χ0v) is 48.6. The minimum Gasteiger partial charge on any atom is -0.748 e. The van der Waals surface area contributed by atoms with E-state index < -0.39 is 79.7 Å². The van der Waals surface area contributed by atoms with Crippen molar-refractivity contribution in [3.05, 3.63) is 56.4 Å². The predicted molar refractivity (Wildman–Crippen MR) is 190 cm³/mol. The number of halogens is 2. The molecule has 0 radical (unpaired) electrons. The molecule has 0 aliphatic heterocycles. The van der Waals surface area contributed by atoms with Crippen molar-refractivity contribution in [2.45, 2.75) is 32.9 Å². The van der Waals surface area contributed by atoms with E-state index in [1.807, 2.05) is 0 Å². The molecule has 0 saturated carbocycles. The summed E-state index contributed by atoms with van der Waals surface area (Å²) in [4.78, 5) is 37.1. The Hall–Kier alpha value is 1.57. The summed E-state index contributed by atoms with van der Waals surface area (Å²) >= 11 is 14.3. The summed E-state index contributed by atoms with van der Waals surface area (Å²) in [5.74, 6) is -3.17. The number of azo groups is 1. The predicted octanol–water partition coefficient (Wildman–Crippen LogP) is -13.6. The number of carboxylic acid groups (broad SMARTS) is 1. The maximum Gasteiger partial charge on any atom is 1.00 e. The number of hydrogen-bond acceptors (Lipinski definition) is 24. The van der Waals surface area contributed by atoms with Crippen LogP contribution in [0.4, 0.5) is 23.0 Å². The van der Waals surface area contributed by atoms with Crippen LogP contribution in [0, 0.1) is 0 Å². The number of rotatable bonds is 20. The Kier molecular flexibility index (Phi) is 31.2. The Bertz CT molecular complexity index is 2510. The van der Waals surface area contributed by atoms with Gasteiger partial charge in [0.1, 0.15) is 21.5 Å². The van der Waals surface area contributed by atoms with Gasteiger partial charge in [0, 0.05) is 28.7 Å². The van der Waals surface area contributed by atoms with Gasteiger partial charge >= 0.3 is 148 Å². The van der Waals surface area contributed by atoms with Gasteiger partial charge in [-0.2, -0.15) is 19.3 Å². The second-order valence-electron chi connectivity index (χ2n) is 10.3. The van der Waals surface area contributed by atoms with Crippen LogP contribution in [0.2, 0.25) is 10.0 Å². The van der Waals surface area contributed by atoms with Gasteiger partial charge in [0.15, 0.2) is 16.0 Å². The number of anilines is 2. The number of benzene rings is 2. The third-order valence-electron chi connectivity index (χ3n) is 6.34. The molecule has 2 aromatic heterocycles. The van der Waals surface area contributed by atoms with Gasteiger partial charge in [-0.15, -0.1) is 10.2 Å². The number of carboxylic acids is 1. The molecule has 0 bridgehead atoms. The summed E-state index contributed by atoms with van der Waals surface area (Å²) in [7, 11) is -14.1. The number of aromatic carboxylic acids is 1. The fourth-order valence-corrected chi connectivity index (χ4v) is 8.75. The van der Waals surface area contributed by atoms with Gasteiger partial charge in [-0.05, 0) is 43.2 Å². The van der Waals surface area contributed by atoms with Gasteiger partial charge in [0.25, 0.3) is 5.56 Å². The molecule has 4 rings (SSSR count). The Morgan fingerprint density at radius 1 is 0.836 bits per heavy atom. The van der Waals surface area contributed by atoms with Gasteiger partial charge in [-0.3, -0.25) is 14.9 Å². The van der Waals surface area contributed by atoms with Crippen molar-refractivity contribution in [2.75, 3.05) is 28.3 Å². The molecule has 2 N–H and O–H groups in total. The minimum absolute atomic E-state index is 0. The van der Waals surface area contributed by atoms with Gasteiger partial charge < -0.3 is 34.1 Å². The molecule has 2 aromatic carbocycles. The molecule has 0 aliphatic carbocycles. The number of carbonyl (C=O) groups excluding carboxylic acids is 1. The number of nitrogens with one attached hydrogen (secondary N) is 2. The van der Waals surface area contributed by atoms with Crippen molar-refractivity contribution in [3.8, 4) is 5.69 Å². The molecule has 23 nitrogen and oxygen atoms in total. The van der Waals surface area contributed by atoms with E-state index in [0.29, 0.717) is 22.8 Å². The summed E-state index contributed by atoms with van der Waals surface area (Å²) in [5.41, 5.74) is -3.47. The molecule has 4 aromatic rings. The molecule has 0 spiro atoms. The number of aromatic nitrogens is 5. The van der Waals surface area contributed by atoms with Gasteiger partial charge in [0.05, 0.1) is 63.8 Å². The number of hydrogen-bond donors (Lipinski definition) is 2. The van der Waals surface area contributed by atoms with Crippen molar-refractivity contribution in [1.29, 1.82) is 0 Å². The molecule has 0 fully saturated rings. The molecule has 0 atom stereocenters. The third-order valence-corrected chi connectivity index (χ3v) is 12.0. The molecular weight excluding hydrogens is 1030 g/mol. The molecule has 0 amide bonds. The van der Waals surface area contributed by atoms with Crippen molar-refractivity contribution in [3.63, 3.8) is 0 Å². The zero-order chi connectivity index (χ0) is 41.4. The van der Waals surface area contributed by atoms with E-state index >= 15 is 0 Å². The molecule has 0 unspecified atom stereocenters. The third kappa shape index (κ3) is 21.2. The largest absolute Gasteiger partial charge is 1.00 e. The van der Waals surface area contributed by atoms with E-state index in [0.717, 1.165) is 29.6 Å². The number of H-pyrrole nitrogens is 1. The van der Waals surface area contributed by atoms with Crippen LogP contribution in [0.5, 0.6) is 0 Å². The van der Waals surface area contributed by atoms with Crippen LogP contribution in [-0.2, 0) is 39.7 Å². The molecule has 304 valence electrons. The fraction of sp³-hybridized carbons (Fsp3) is 0.240. The van der Waals surface area contributed by atoms with Crippen molar-refractivity contribution in [2.24, 2.45) is 10.2 Å². The standard InChI is InChI=1S/C25H24Cl2N8O15S6.5Na/c26-13-11-18(56(46,47)48)14(27)10-16(13)35-21(36)19(20(34-35)22(37)38)33-32-15-9-12(3-4-17(15)53-50-49-39)28-23-29-24(51-5-1-7-54(40,41)42)31-25(30-23)52-6-2-8-55(43,44)45;;;;;/h3-4,9-11,34,39H,1-2,5-8H2,(H,37,38)(H,40,41,42)(H,43,44,45)(H,46,47,48)(H,28,29,30,31);;;;;/q;5*+1/p-5. The maximum absolute atomic E-state index is 13.4. The minimum atomic E-state index is -5.09. The molecule has 2 heterocycles. The van der Waals surface area contributed by atoms with Crippen LogP contribution in [0.3, 0.4) is 0 Å². The number of aromatic amines is 1. The van der Waals surface area contributed by atoms with E-state index in [9.17, 15) is 58.9 Å². The van der Waals surface area contributed by atoms with E-state index in [4.69, 9.17) is 23.2 Å². The fourth-order valence-electron chi connectivity index (χ4n) is 4.06. The van der Waals surface area contributed by atoms with Crippen LogP contribution in [0.15, 0.2) is 65.5 Å². The van der Waals surface area contributed by atoms with Crippen LogP contribution in [0.1, 0.15) is 23.3 Å². The Labute approximate surface area is 480 Å². The van der Waals surface area contributed by atoms with Crippen molar-refractivity contribution >= 4 is 118 Å². The van der Waals surface area contributed by atoms with E-state index in [1.165, 1.54) is 18.2 Å². The Balaban J connectivity index is 0. The second kappa shape index (κ2) is 29.5. The van der Waals surface area contributed by atoms with Crippen LogP contribution in [0.25, 0.3) is 5.69 Å². The maximum atomic E-state index is 13.4. The average Bonchev–Trinajstić information content (AvgIpc) is 3.42. The molecular formula is C25H19Cl2N8Na5O15S6. The monoisotopic (exact) mass is 1050 g/mol. The topological polar surface area (TPSA) is 366 Å². The first-order chi connectivity index (χ1) is 26.1. The Morgan fingerprint density at radius 3 is 1.89 bits per heavy atom.